The molecule has 0 aliphatic carbocycles. The molecule has 0 unspecified atom stereocenters. The van der Waals surface area contributed by atoms with E-state index in [1.165, 1.54) is 12.3 Å². The van der Waals surface area contributed by atoms with E-state index in [0.717, 1.165) is 4.57 Å². The number of oxazole rings is 1. The molecule has 0 atom stereocenters. The summed E-state index contributed by atoms with van der Waals surface area (Å²) in [5.74, 6) is -1.11. The van der Waals surface area contributed by atoms with Crippen LogP contribution in [0.1, 0.15) is 33.1 Å². The average molecular weight is 529 g/mol. The second kappa shape index (κ2) is 9.15. The Bertz CT molecular complexity index is 1610. The van der Waals surface area contributed by atoms with Crippen LogP contribution in [-0.2, 0) is 12.7 Å². The molecular formula is C27H17Cl2F3N2O2. The molecule has 2 heterocycles. The lowest BCUT2D eigenvalue weighted by Gasteiger charge is -2.15. The molecule has 182 valence electrons. The molecule has 5 aromatic rings. The second-order valence-electron chi connectivity index (χ2n) is 8.29. The topological polar surface area (TPSA) is 48.0 Å². The van der Waals surface area contributed by atoms with E-state index >= 15 is 0 Å². The van der Waals surface area contributed by atoms with Gasteiger partial charge in [0.15, 0.2) is 5.76 Å². The van der Waals surface area contributed by atoms with Crippen molar-refractivity contribution in [3.63, 3.8) is 0 Å². The Hall–Kier alpha value is -3.55. The van der Waals surface area contributed by atoms with Crippen molar-refractivity contribution in [1.82, 2.24) is 9.55 Å². The number of carbonyl (C=O) groups excluding carboxylic acids is 1. The summed E-state index contributed by atoms with van der Waals surface area (Å²) >= 11 is 12.2. The van der Waals surface area contributed by atoms with E-state index in [2.05, 4.69) is 4.98 Å². The third-order valence-electron chi connectivity index (χ3n) is 5.82. The van der Waals surface area contributed by atoms with Crippen LogP contribution in [0.25, 0.3) is 22.2 Å². The lowest BCUT2D eigenvalue weighted by atomic mass is 10.0. The Morgan fingerprint density at radius 3 is 2.47 bits per heavy atom. The number of hydrogen-bond acceptors (Lipinski definition) is 3. The number of fused-ring (bicyclic) bond motifs is 1. The van der Waals surface area contributed by atoms with Crippen LogP contribution in [0.5, 0.6) is 0 Å². The fourth-order valence-electron chi connectivity index (χ4n) is 4.20. The maximum atomic E-state index is 14.6. The van der Waals surface area contributed by atoms with Gasteiger partial charge in [0.05, 0.1) is 11.8 Å². The molecule has 0 spiro atoms. The van der Waals surface area contributed by atoms with Crippen molar-refractivity contribution in [2.45, 2.75) is 19.6 Å². The van der Waals surface area contributed by atoms with Gasteiger partial charge in [-0.05, 0) is 36.8 Å². The maximum Gasteiger partial charge on any atom is 0.432 e. The first-order chi connectivity index (χ1) is 17.1. The number of benzene rings is 3. The summed E-state index contributed by atoms with van der Waals surface area (Å²) in [6.45, 7) is 1.52. The molecule has 0 saturated heterocycles. The van der Waals surface area contributed by atoms with Gasteiger partial charge in [0.25, 0.3) is 11.7 Å². The van der Waals surface area contributed by atoms with E-state index < -0.39 is 29.1 Å². The van der Waals surface area contributed by atoms with Gasteiger partial charge in [-0.1, -0.05) is 71.2 Å². The van der Waals surface area contributed by atoms with Crippen LogP contribution in [-0.4, -0.2) is 15.3 Å². The van der Waals surface area contributed by atoms with Gasteiger partial charge in [0.2, 0.25) is 0 Å². The van der Waals surface area contributed by atoms with Crippen molar-refractivity contribution in [2.24, 2.45) is 0 Å². The molecule has 9 heteroatoms. The summed E-state index contributed by atoms with van der Waals surface area (Å²) in [7, 11) is 0. The number of rotatable bonds is 5. The number of hydrogen-bond donors (Lipinski definition) is 0. The number of ketones is 1. The van der Waals surface area contributed by atoms with E-state index in [9.17, 15) is 18.0 Å². The van der Waals surface area contributed by atoms with Crippen LogP contribution < -0.4 is 0 Å². The molecule has 36 heavy (non-hydrogen) atoms. The Kier molecular flexibility index (Phi) is 6.14. The van der Waals surface area contributed by atoms with Gasteiger partial charge >= 0.3 is 6.18 Å². The van der Waals surface area contributed by atoms with Gasteiger partial charge in [-0.3, -0.25) is 4.79 Å². The Morgan fingerprint density at radius 1 is 1.03 bits per heavy atom. The SMILES string of the molecule is Cc1ccc2c(c1)c(C(=O)c1ncc(-c3ccccc3)o1)c(C(F)(F)F)n2Cc1ccc(Cl)cc1Cl. The third kappa shape index (κ3) is 4.40. The van der Waals surface area contributed by atoms with E-state index in [0.29, 0.717) is 21.7 Å². The smallest absolute Gasteiger partial charge is 0.432 e. The molecule has 3 aromatic carbocycles. The van der Waals surface area contributed by atoms with Crippen LogP contribution in [0, 0.1) is 6.92 Å². The number of carbonyl (C=O) groups is 1. The molecule has 5 rings (SSSR count). The predicted octanol–water partition coefficient (Wildman–Crippen LogP) is 8.21. The molecule has 4 nitrogen and oxygen atoms in total. The zero-order valence-corrected chi connectivity index (χ0v) is 20.2. The minimum atomic E-state index is -4.86. The number of halogens is 5. The van der Waals surface area contributed by atoms with Crippen LogP contribution >= 0.6 is 23.2 Å². The molecular weight excluding hydrogens is 512 g/mol. The van der Waals surface area contributed by atoms with Gasteiger partial charge in [0, 0.05) is 33.1 Å². The molecule has 0 N–H and O–H groups in total. The highest BCUT2D eigenvalue weighted by atomic mass is 35.5. The standard InChI is InChI=1S/C27H17Cl2F3N2O2/c1-15-7-10-21-19(11-15)23(24(35)26-33-13-22(36-26)16-5-3-2-4-6-16)25(27(30,31)32)34(21)14-17-8-9-18(28)12-20(17)29/h2-13H,14H2,1H3. The highest BCUT2D eigenvalue weighted by molar-refractivity contribution is 6.35. The molecule has 2 aromatic heterocycles. The van der Waals surface area contributed by atoms with Crippen LogP contribution in [0.4, 0.5) is 13.2 Å². The maximum absolute atomic E-state index is 14.6. The fourth-order valence-corrected chi connectivity index (χ4v) is 4.67. The normalized spacial score (nSPS) is 11.8. The largest absolute Gasteiger partial charge is 0.433 e. The van der Waals surface area contributed by atoms with Crippen molar-refractivity contribution in [1.29, 1.82) is 0 Å². The third-order valence-corrected chi connectivity index (χ3v) is 6.40. The summed E-state index contributed by atoms with van der Waals surface area (Å²) in [6.07, 6.45) is -3.53. The molecule has 0 radical (unpaired) electrons. The quantitative estimate of drug-likeness (QED) is 0.216. The molecule has 0 amide bonds. The summed E-state index contributed by atoms with van der Waals surface area (Å²) in [5, 5.41) is 0.733. The number of alkyl halides is 3. The first-order valence-corrected chi connectivity index (χ1v) is 11.6. The monoisotopic (exact) mass is 528 g/mol. The lowest BCUT2D eigenvalue weighted by Crippen LogP contribution is -2.19. The van der Waals surface area contributed by atoms with Crippen LogP contribution in [0.15, 0.2) is 77.3 Å². The molecule has 0 fully saturated rings. The van der Waals surface area contributed by atoms with Crippen molar-refractivity contribution < 1.29 is 22.4 Å². The molecule has 0 saturated carbocycles. The van der Waals surface area contributed by atoms with E-state index in [-0.39, 0.29) is 28.2 Å². The molecule has 0 bridgehead atoms. The van der Waals surface area contributed by atoms with Gasteiger partial charge < -0.3 is 8.98 Å². The average Bonchev–Trinajstić information content (AvgIpc) is 3.44. The predicted molar refractivity (Wildman–Crippen MR) is 133 cm³/mol. The Balaban J connectivity index is 1.71. The Labute approximate surface area is 213 Å². The lowest BCUT2D eigenvalue weighted by molar-refractivity contribution is -0.143. The van der Waals surface area contributed by atoms with E-state index in [1.54, 1.807) is 61.5 Å². The first-order valence-electron chi connectivity index (χ1n) is 10.8. The highest BCUT2D eigenvalue weighted by Gasteiger charge is 2.42. The minimum Gasteiger partial charge on any atom is -0.433 e. The van der Waals surface area contributed by atoms with Gasteiger partial charge in [-0.15, -0.1) is 0 Å². The summed E-state index contributed by atoms with van der Waals surface area (Å²) in [4.78, 5) is 17.6. The van der Waals surface area contributed by atoms with Crippen molar-refractivity contribution in [3.05, 3.63) is 111 Å². The zero-order chi connectivity index (χ0) is 25.6. The van der Waals surface area contributed by atoms with Crippen LogP contribution in [0.3, 0.4) is 0 Å². The zero-order valence-electron chi connectivity index (χ0n) is 18.7. The number of nitrogens with zero attached hydrogens (tertiary/aromatic N) is 2. The van der Waals surface area contributed by atoms with Crippen LogP contribution in [0.2, 0.25) is 10.0 Å². The van der Waals surface area contributed by atoms with Crippen molar-refractivity contribution in [2.75, 3.05) is 0 Å². The summed E-state index contributed by atoms with van der Waals surface area (Å²) in [5.41, 5.74) is 0.383. The van der Waals surface area contributed by atoms with Gasteiger partial charge in [-0.2, -0.15) is 13.2 Å². The second-order valence-corrected chi connectivity index (χ2v) is 9.13. The molecule has 0 aliphatic heterocycles. The number of aromatic nitrogens is 2. The highest BCUT2D eigenvalue weighted by Crippen LogP contribution is 2.40. The Morgan fingerprint density at radius 2 is 1.78 bits per heavy atom. The van der Waals surface area contributed by atoms with Gasteiger partial charge in [0.1, 0.15) is 5.69 Å². The van der Waals surface area contributed by atoms with E-state index in [1.807, 2.05) is 6.07 Å². The fraction of sp³-hybridized carbons (Fsp3) is 0.111. The summed E-state index contributed by atoms with van der Waals surface area (Å²) in [6, 6.07) is 18.2. The number of aryl methyl sites for hydroxylation is 1. The van der Waals surface area contributed by atoms with Crippen molar-refractivity contribution in [3.8, 4) is 11.3 Å². The van der Waals surface area contributed by atoms with E-state index in [4.69, 9.17) is 27.6 Å². The first kappa shape index (κ1) is 24.2. The van der Waals surface area contributed by atoms with Crippen molar-refractivity contribution >= 4 is 39.9 Å². The summed E-state index contributed by atoms with van der Waals surface area (Å²) < 4.78 is 50.4. The minimum absolute atomic E-state index is 0.150. The molecule has 0 aliphatic rings. The van der Waals surface area contributed by atoms with Gasteiger partial charge in [-0.25, -0.2) is 4.98 Å².